The molecule has 5 nitrogen and oxygen atoms in total. The van der Waals surface area contributed by atoms with Gasteiger partial charge in [0.1, 0.15) is 5.82 Å². The first-order valence-corrected chi connectivity index (χ1v) is 4.49. The molecule has 0 amide bonds. The average Bonchev–Trinajstić information content (AvgIpc) is 1.95. The largest absolute Gasteiger partial charge is 0.368 e. The van der Waals surface area contributed by atoms with Crippen LogP contribution in [0.25, 0.3) is 0 Å². The van der Waals surface area contributed by atoms with Gasteiger partial charge in [-0.1, -0.05) is 0 Å². The molecule has 1 saturated carbocycles. The first-order valence-electron chi connectivity index (χ1n) is 4.49. The minimum Gasteiger partial charge on any atom is -0.368 e. The number of nitrogens with one attached hydrogen (secondary N) is 1. The van der Waals surface area contributed by atoms with Crippen LogP contribution in [0.5, 0.6) is 0 Å². The van der Waals surface area contributed by atoms with Crippen LogP contribution in [0.3, 0.4) is 0 Å². The predicted molar refractivity (Wildman–Crippen MR) is 50.2 cm³/mol. The second-order valence-electron chi connectivity index (χ2n) is 3.34. The third-order valence-electron chi connectivity index (χ3n) is 2.20. The van der Waals surface area contributed by atoms with E-state index in [1.807, 2.05) is 6.92 Å². The molecule has 1 aromatic rings. The van der Waals surface area contributed by atoms with E-state index in [-0.39, 0.29) is 5.95 Å². The van der Waals surface area contributed by atoms with E-state index in [0.717, 1.165) is 0 Å². The van der Waals surface area contributed by atoms with Crippen molar-refractivity contribution in [3.8, 4) is 0 Å². The fourth-order valence-electron chi connectivity index (χ4n) is 1.30. The highest BCUT2D eigenvalue weighted by molar-refractivity contribution is 5.32. The van der Waals surface area contributed by atoms with E-state index in [2.05, 4.69) is 20.3 Å². The molecular formula is C8H13N5. The maximum atomic E-state index is 5.49. The maximum Gasteiger partial charge on any atom is 0.227 e. The van der Waals surface area contributed by atoms with Gasteiger partial charge in [0.15, 0.2) is 0 Å². The van der Waals surface area contributed by atoms with Gasteiger partial charge in [0.25, 0.3) is 0 Å². The van der Waals surface area contributed by atoms with Gasteiger partial charge in [-0.2, -0.15) is 15.0 Å². The Bertz CT molecular complexity index is 287. The monoisotopic (exact) mass is 179 g/mol. The van der Waals surface area contributed by atoms with Gasteiger partial charge in [0.2, 0.25) is 11.9 Å². The minimum absolute atomic E-state index is 0.286. The molecule has 5 heteroatoms. The third-order valence-corrected chi connectivity index (χ3v) is 2.20. The smallest absolute Gasteiger partial charge is 0.227 e. The van der Waals surface area contributed by atoms with Gasteiger partial charge < -0.3 is 11.1 Å². The summed E-state index contributed by atoms with van der Waals surface area (Å²) in [7, 11) is 0. The predicted octanol–water partition coefficient (Wildman–Crippen LogP) is 0.727. The Labute approximate surface area is 76.8 Å². The zero-order valence-corrected chi connectivity index (χ0v) is 7.62. The van der Waals surface area contributed by atoms with E-state index in [0.29, 0.717) is 17.8 Å². The Hall–Kier alpha value is -1.39. The number of hydrogen-bond acceptors (Lipinski definition) is 5. The zero-order chi connectivity index (χ0) is 9.26. The van der Waals surface area contributed by atoms with Gasteiger partial charge >= 0.3 is 0 Å². The summed E-state index contributed by atoms with van der Waals surface area (Å²) in [5, 5.41) is 3.22. The molecule has 0 unspecified atom stereocenters. The van der Waals surface area contributed by atoms with E-state index in [9.17, 15) is 0 Å². The fourth-order valence-corrected chi connectivity index (χ4v) is 1.30. The van der Waals surface area contributed by atoms with Crippen molar-refractivity contribution in [2.45, 2.75) is 32.2 Å². The first-order chi connectivity index (χ1) is 6.24. The molecule has 1 aliphatic rings. The van der Waals surface area contributed by atoms with Crippen molar-refractivity contribution in [1.29, 1.82) is 0 Å². The van der Waals surface area contributed by atoms with Crippen molar-refractivity contribution in [2.75, 3.05) is 11.1 Å². The standard InChI is InChI=1S/C8H13N5/c1-5-10-7(9)13-8(11-5)12-6-3-2-4-6/h6H,2-4H2,1H3,(H3,9,10,11,12,13). The number of nitrogens with two attached hydrogens (primary N) is 1. The number of nitrogens with zero attached hydrogens (tertiary/aromatic N) is 3. The first kappa shape index (κ1) is 8.22. The summed E-state index contributed by atoms with van der Waals surface area (Å²) in [6.07, 6.45) is 3.69. The van der Waals surface area contributed by atoms with Crippen LogP contribution in [-0.2, 0) is 0 Å². The molecule has 1 aromatic heterocycles. The summed E-state index contributed by atoms with van der Waals surface area (Å²) in [6.45, 7) is 1.81. The number of nitrogen functional groups attached to an aromatic ring is 1. The van der Waals surface area contributed by atoms with Gasteiger partial charge in [-0.05, 0) is 26.2 Å². The van der Waals surface area contributed by atoms with E-state index < -0.39 is 0 Å². The van der Waals surface area contributed by atoms with Crippen LogP contribution < -0.4 is 11.1 Å². The van der Waals surface area contributed by atoms with Crippen LogP contribution in [0.4, 0.5) is 11.9 Å². The summed E-state index contributed by atoms with van der Waals surface area (Å²) in [4.78, 5) is 12.0. The number of aryl methyl sites for hydroxylation is 1. The second-order valence-corrected chi connectivity index (χ2v) is 3.34. The number of rotatable bonds is 2. The zero-order valence-electron chi connectivity index (χ0n) is 7.62. The SMILES string of the molecule is Cc1nc(N)nc(NC2CCC2)n1. The molecule has 3 N–H and O–H groups in total. The van der Waals surface area contributed by atoms with Crippen LogP contribution in [0, 0.1) is 6.92 Å². The third kappa shape index (κ3) is 1.85. The lowest BCUT2D eigenvalue weighted by Gasteiger charge is -2.26. The molecule has 0 aliphatic heterocycles. The Kier molecular flexibility index (Phi) is 2.00. The summed E-state index contributed by atoms with van der Waals surface area (Å²) >= 11 is 0. The highest BCUT2D eigenvalue weighted by atomic mass is 15.2. The lowest BCUT2D eigenvalue weighted by atomic mass is 9.93. The fraction of sp³-hybridized carbons (Fsp3) is 0.625. The summed E-state index contributed by atoms with van der Waals surface area (Å²) in [5.41, 5.74) is 5.49. The van der Waals surface area contributed by atoms with Gasteiger partial charge in [-0.25, -0.2) is 0 Å². The van der Waals surface area contributed by atoms with Gasteiger partial charge in [0.05, 0.1) is 0 Å². The van der Waals surface area contributed by atoms with E-state index in [1.54, 1.807) is 0 Å². The number of anilines is 2. The van der Waals surface area contributed by atoms with Crippen molar-refractivity contribution in [2.24, 2.45) is 0 Å². The molecule has 0 spiro atoms. The van der Waals surface area contributed by atoms with Crippen LogP contribution in [-0.4, -0.2) is 21.0 Å². The highest BCUT2D eigenvalue weighted by Crippen LogP contribution is 2.21. The van der Waals surface area contributed by atoms with Crippen molar-refractivity contribution in [3.63, 3.8) is 0 Å². The molecule has 0 atom stereocenters. The number of aromatic nitrogens is 3. The van der Waals surface area contributed by atoms with Crippen molar-refractivity contribution in [3.05, 3.63) is 5.82 Å². The normalized spacial score (nSPS) is 16.7. The lowest BCUT2D eigenvalue weighted by Crippen LogP contribution is -2.28. The van der Waals surface area contributed by atoms with E-state index in [4.69, 9.17) is 5.73 Å². The molecule has 0 radical (unpaired) electrons. The molecule has 70 valence electrons. The second kappa shape index (κ2) is 3.16. The molecule has 13 heavy (non-hydrogen) atoms. The van der Waals surface area contributed by atoms with Crippen LogP contribution >= 0.6 is 0 Å². The van der Waals surface area contributed by atoms with Crippen molar-refractivity contribution in [1.82, 2.24) is 15.0 Å². The Morgan fingerprint density at radius 2 is 2.08 bits per heavy atom. The number of hydrogen-bond donors (Lipinski definition) is 2. The van der Waals surface area contributed by atoms with Gasteiger partial charge in [0, 0.05) is 6.04 Å². The van der Waals surface area contributed by atoms with Gasteiger partial charge in [-0.3, -0.25) is 0 Å². The molecule has 0 saturated heterocycles. The topological polar surface area (TPSA) is 76.7 Å². The molecule has 0 aromatic carbocycles. The summed E-state index contributed by atoms with van der Waals surface area (Å²) in [5.74, 6) is 1.55. The molecule has 1 heterocycles. The quantitative estimate of drug-likeness (QED) is 0.699. The summed E-state index contributed by atoms with van der Waals surface area (Å²) in [6, 6.07) is 0.529. The van der Waals surface area contributed by atoms with Crippen molar-refractivity contribution >= 4 is 11.9 Å². The molecule has 0 bridgehead atoms. The van der Waals surface area contributed by atoms with Crippen LogP contribution in [0.15, 0.2) is 0 Å². The average molecular weight is 179 g/mol. The molecule has 1 aliphatic carbocycles. The van der Waals surface area contributed by atoms with E-state index >= 15 is 0 Å². The Balaban J connectivity index is 2.10. The maximum absolute atomic E-state index is 5.49. The molecular weight excluding hydrogens is 166 g/mol. The lowest BCUT2D eigenvalue weighted by molar-refractivity contribution is 0.443. The highest BCUT2D eigenvalue weighted by Gasteiger charge is 2.18. The molecule has 2 rings (SSSR count). The summed E-state index contributed by atoms with van der Waals surface area (Å²) < 4.78 is 0. The Morgan fingerprint density at radius 3 is 2.62 bits per heavy atom. The molecule has 1 fully saturated rings. The Morgan fingerprint density at radius 1 is 1.31 bits per heavy atom. The van der Waals surface area contributed by atoms with Crippen LogP contribution in [0.2, 0.25) is 0 Å². The minimum atomic E-state index is 0.286. The van der Waals surface area contributed by atoms with E-state index in [1.165, 1.54) is 19.3 Å². The van der Waals surface area contributed by atoms with Gasteiger partial charge in [-0.15, -0.1) is 0 Å². The van der Waals surface area contributed by atoms with Crippen LogP contribution in [0.1, 0.15) is 25.1 Å². The van der Waals surface area contributed by atoms with Crippen molar-refractivity contribution < 1.29 is 0 Å².